The SMILES string of the molecule is CCN1CCN(C(=O)c2ccnc(N(C)CCc3ccncc3)n2)CC1. The zero-order valence-corrected chi connectivity index (χ0v) is 15.5. The van der Waals surface area contributed by atoms with Crippen LogP contribution in [0.5, 0.6) is 0 Å². The van der Waals surface area contributed by atoms with Crippen LogP contribution < -0.4 is 4.90 Å². The largest absolute Gasteiger partial charge is 0.344 e. The standard InChI is InChI=1S/C19H26N6O/c1-3-24-12-14-25(15-13-24)18(26)17-6-10-21-19(22-17)23(2)11-7-16-4-8-20-9-5-16/h4-6,8-10H,3,7,11-15H2,1-2H3. The minimum atomic E-state index is -0.00747. The minimum Gasteiger partial charge on any atom is -0.344 e. The molecule has 0 radical (unpaired) electrons. The fourth-order valence-electron chi connectivity index (χ4n) is 3.03. The molecule has 0 atom stereocenters. The van der Waals surface area contributed by atoms with Crippen LogP contribution in [0, 0.1) is 0 Å². The lowest BCUT2D eigenvalue weighted by Gasteiger charge is -2.33. The molecule has 0 saturated carbocycles. The molecular formula is C19H26N6O. The second-order valence-electron chi connectivity index (χ2n) is 6.50. The van der Waals surface area contributed by atoms with Crippen molar-refractivity contribution in [2.45, 2.75) is 13.3 Å². The van der Waals surface area contributed by atoms with E-state index in [9.17, 15) is 4.79 Å². The topological polar surface area (TPSA) is 65.5 Å². The summed E-state index contributed by atoms with van der Waals surface area (Å²) in [7, 11) is 1.95. The number of hydrogen-bond donors (Lipinski definition) is 0. The van der Waals surface area contributed by atoms with Crippen molar-refractivity contribution in [1.29, 1.82) is 0 Å². The Morgan fingerprint density at radius 3 is 2.54 bits per heavy atom. The minimum absolute atomic E-state index is 0.00747. The highest BCUT2D eigenvalue weighted by atomic mass is 16.2. The van der Waals surface area contributed by atoms with E-state index in [4.69, 9.17) is 0 Å². The summed E-state index contributed by atoms with van der Waals surface area (Å²) in [5, 5.41) is 0. The summed E-state index contributed by atoms with van der Waals surface area (Å²) in [6.07, 6.45) is 6.13. The molecule has 138 valence electrons. The Labute approximate surface area is 154 Å². The summed E-state index contributed by atoms with van der Waals surface area (Å²) in [6, 6.07) is 5.71. The smallest absolute Gasteiger partial charge is 0.272 e. The van der Waals surface area contributed by atoms with E-state index in [0.29, 0.717) is 11.6 Å². The molecule has 3 heterocycles. The zero-order valence-electron chi connectivity index (χ0n) is 15.5. The lowest BCUT2D eigenvalue weighted by Crippen LogP contribution is -2.48. The van der Waals surface area contributed by atoms with Crippen molar-refractivity contribution in [3.63, 3.8) is 0 Å². The first-order chi connectivity index (χ1) is 12.7. The van der Waals surface area contributed by atoms with Gasteiger partial charge in [0.15, 0.2) is 0 Å². The van der Waals surface area contributed by atoms with Gasteiger partial charge in [-0.05, 0) is 36.7 Å². The highest BCUT2D eigenvalue weighted by Gasteiger charge is 2.22. The van der Waals surface area contributed by atoms with Crippen LogP contribution in [0.3, 0.4) is 0 Å². The fourth-order valence-corrected chi connectivity index (χ4v) is 3.03. The third-order valence-corrected chi connectivity index (χ3v) is 4.80. The first-order valence-corrected chi connectivity index (χ1v) is 9.12. The molecule has 0 bridgehead atoms. The molecule has 7 nitrogen and oxygen atoms in total. The van der Waals surface area contributed by atoms with Gasteiger partial charge in [-0.1, -0.05) is 6.92 Å². The number of piperazine rings is 1. The number of aromatic nitrogens is 3. The first kappa shape index (κ1) is 18.3. The summed E-state index contributed by atoms with van der Waals surface area (Å²) in [5.41, 5.74) is 1.68. The molecule has 0 unspecified atom stereocenters. The molecule has 1 fully saturated rings. The van der Waals surface area contributed by atoms with Gasteiger partial charge in [0.05, 0.1) is 0 Å². The lowest BCUT2D eigenvalue weighted by molar-refractivity contribution is 0.0637. The van der Waals surface area contributed by atoms with Crippen LogP contribution in [0.2, 0.25) is 0 Å². The summed E-state index contributed by atoms with van der Waals surface area (Å²) >= 11 is 0. The second kappa shape index (κ2) is 8.71. The van der Waals surface area contributed by atoms with Crippen molar-refractivity contribution in [3.05, 3.63) is 48.0 Å². The van der Waals surface area contributed by atoms with Crippen molar-refractivity contribution in [2.75, 3.05) is 51.2 Å². The van der Waals surface area contributed by atoms with Crippen molar-refractivity contribution in [1.82, 2.24) is 24.8 Å². The van der Waals surface area contributed by atoms with Crippen molar-refractivity contribution in [3.8, 4) is 0 Å². The Balaban J connectivity index is 1.61. The van der Waals surface area contributed by atoms with E-state index >= 15 is 0 Å². The van der Waals surface area contributed by atoms with E-state index in [1.54, 1.807) is 24.7 Å². The average molecular weight is 354 g/mol. The van der Waals surface area contributed by atoms with Gasteiger partial charge in [-0.3, -0.25) is 9.78 Å². The third-order valence-electron chi connectivity index (χ3n) is 4.80. The van der Waals surface area contributed by atoms with Crippen LogP contribution >= 0.6 is 0 Å². The van der Waals surface area contributed by atoms with Gasteiger partial charge >= 0.3 is 0 Å². The quantitative estimate of drug-likeness (QED) is 0.780. The van der Waals surface area contributed by atoms with E-state index in [1.165, 1.54) is 5.56 Å². The lowest BCUT2D eigenvalue weighted by atomic mass is 10.2. The molecule has 2 aromatic heterocycles. The highest BCUT2D eigenvalue weighted by molar-refractivity contribution is 5.92. The highest BCUT2D eigenvalue weighted by Crippen LogP contribution is 2.11. The normalized spacial score (nSPS) is 15.1. The molecule has 0 aliphatic carbocycles. The second-order valence-corrected chi connectivity index (χ2v) is 6.50. The van der Waals surface area contributed by atoms with E-state index in [1.807, 2.05) is 29.0 Å². The Kier molecular flexibility index (Phi) is 6.12. The van der Waals surface area contributed by atoms with Gasteiger partial charge in [-0.25, -0.2) is 9.97 Å². The molecule has 1 saturated heterocycles. The fraction of sp³-hybridized carbons (Fsp3) is 0.474. The molecule has 1 amide bonds. The van der Waals surface area contributed by atoms with Gasteiger partial charge in [-0.2, -0.15) is 0 Å². The van der Waals surface area contributed by atoms with Gasteiger partial charge < -0.3 is 14.7 Å². The number of carbonyl (C=O) groups is 1. The molecular weight excluding hydrogens is 328 g/mol. The summed E-state index contributed by atoms with van der Waals surface area (Å²) in [4.78, 5) is 31.8. The maximum atomic E-state index is 12.7. The maximum Gasteiger partial charge on any atom is 0.272 e. The number of amides is 1. The van der Waals surface area contributed by atoms with Crippen LogP contribution in [0.4, 0.5) is 5.95 Å². The summed E-state index contributed by atoms with van der Waals surface area (Å²) in [6.45, 7) is 7.31. The Hall–Kier alpha value is -2.54. The van der Waals surface area contributed by atoms with Gasteiger partial charge in [0.25, 0.3) is 5.91 Å². The first-order valence-electron chi connectivity index (χ1n) is 9.12. The van der Waals surface area contributed by atoms with Crippen molar-refractivity contribution >= 4 is 11.9 Å². The predicted octanol–water partition coefficient (Wildman–Crippen LogP) is 1.33. The molecule has 7 heteroatoms. The molecule has 2 aromatic rings. The number of likely N-dealkylation sites (N-methyl/N-ethyl adjacent to an activating group) is 2. The van der Waals surface area contributed by atoms with Gasteiger partial charge in [-0.15, -0.1) is 0 Å². The van der Waals surface area contributed by atoms with Crippen molar-refractivity contribution in [2.24, 2.45) is 0 Å². The van der Waals surface area contributed by atoms with Crippen molar-refractivity contribution < 1.29 is 4.79 Å². The number of rotatable bonds is 6. The average Bonchev–Trinajstić information content (AvgIpc) is 2.72. The predicted molar refractivity (Wildman–Crippen MR) is 101 cm³/mol. The monoisotopic (exact) mass is 354 g/mol. The summed E-state index contributed by atoms with van der Waals surface area (Å²) < 4.78 is 0. The molecule has 0 aromatic carbocycles. The molecule has 0 N–H and O–H groups in total. The summed E-state index contributed by atoms with van der Waals surface area (Å²) in [5.74, 6) is 0.573. The number of nitrogens with zero attached hydrogens (tertiary/aromatic N) is 6. The third kappa shape index (κ3) is 4.54. The Morgan fingerprint density at radius 1 is 1.12 bits per heavy atom. The van der Waals surface area contributed by atoms with E-state index in [0.717, 1.165) is 45.7 Å². The van der Waals surface area contributed by atoms with Gasteiger partial charge in [0.1, 0.15) is 5.69 Å². The number of anilines is 1. The Morgan fingerprint density at radius 2 is 1.85 bits per heavy atom. The zero-order chi connectivity index (χ0) is 18.4. The molecule has 1 aliphatic heterocycles. The molecule has 1 aliphatic rings. The van der Waals surface area contributed by atoms with Crippen LogP contribution in [-0.4, -0.2) is 77.0 Å². The van der Waals surface area contributed by atoms with E-state index < -0.39 is 0 Å². The molecule has 3 rings (SSSR count). The molecule has 26 heavy (non-hydrogen) atoms. The van der Waals surface area contributed by atoms with Crippen LogP contribution in [0.1, 0.15) is 23.0 Å². The Bertz CT molecular complexity index is 715. The van der Waals surface area contributed by atoms with E-state index in [-0.39, 0.29) is 5.91 Å². The van der Waals surface area contributed by atoms with E-state index in [2.05, 4.69) is 26.8 Å². The van der Waals surface area contributed by atoms with Crippen LogP contribution in [0.15, 0.2) is 36.8 Å². The van der Waals surface area contributed by atoms with Gasteiger partial charge in [0, 0.05) is 58.4 Å². The van der Waals surface area contributed by atoms with Crippen LogP contribution in [0.25, 0.3) is 0 Å². The number of pyridine rings is 1. The molecule has 0 spiro atoms. The number of hydrogen-bond acceptors (Lipinski definition) is 6. The van der Waals surface area contributed by atoms with Gasteiger partial charge in [0.2, 0.25) is 5.95 Å². The maximum absolute atomic E-state index is 12.7. The number of carbonyl (C=O) groups excluding carboxylic acids is 1. The van der Waals surface area contributed by atoms with Crippen LogP contribution in [-0.2, 0) is 6.42 Å².